The molecular formula is C32H36Cl3N3O4S. The molecule has 43 heavy (non-hydrogen) atoms. The van der Waals surface area contributed by atoms with E-state index in [-0.39, 0.29) is 29.1 Å². The fourth-order valence-corrected chi connectivity index (χ4v) is 7.52. The van der Waals surface area contributed by atoms with Crippen molar-refractivity contribution in [2.24, 2.45) is 0 Å². The first kappa shape index (κ1) is 33.1. The number of nitrogens with zero attached hydrogens (tertiary/aromatic N) is 2. The van der Waals surface area contributed by atoms with Crippen LogP contribution in [0.2, 0.25) is 15.1 Å². The van der Waals surface area contributed by atoms with Gasteiger partial charge in [0.05, 0.1) is 10.6 Å². The van der Waals surface area contributed by atoms with E-state index in [1.165, 1.54) is 17.0 Å². The van der Waals surface area contributed by atoms with Crippen LogP contribution in [0.15, 0.2) is 65.6 Å². The molecule has 0 aliphatic heterocycles. The van der Waals surface area contributed by atoms with Gasteiger partial charge in [0.1, 0.15) is 12.6 Å². The van der Waals surface area contributed by atoms with Gasteiger partial charge in [-0.2, -0.15) is 0 Å². The number of aryl methyl sites for hydroxylation is 1. The molecule has 1 unspecified atom stereocenters. The minimum atomic E-state index is -4.22. The van der Waals surface area contributed by atoms with E-state index in [9.17, 15) is 18.0 Å². The largest absolute Gasteiger partial charge is 0.352 e. The Balaban J connectivity index is 1.78. The van der Waals surface area contributed by atoms with Gasteiger partial charge in [-0.1, -0.05) is 84.4 Å². The van der Waals surface area contributed by atoms with Gasteiger partial charge in [-0.3, -0.25) is 13.9 Å². The van der Waals surface area contributed by atoms with Crippen LogP contribution in [0.4, 0.5) is 5.69 Å². The highest BCUT2D eigenvalue weighted by molar-refractivity contribution is 7.92. The molecule has 0 bridgehead atoms. The van der Waals surface area contributed by atoms with E-state index in [1.54, 1.807) is 55.5 Å². The normalized spacial score (nSPS) is 14.4. The number of benzene rings is 3. The standard InChI is InChI=1S/C32H36Cl3N3O4S/c1-4-29(32(40)36-23-9-5-6-10-23)37(19-25-27(34)12-7-13-28(25)35)31(39)20-38(30-14-8-11-26(33)22(30)3)43(41,42)24-17-15-21(2)16-18-24/h7-8,11-18,23,29H,4-6,9-10,19-20H2,1-3H3,(H,36,40). The lowest BCUT2D eigenvalue weighted by Gasteiger charge is -2.34. The third-order valence-electron chi connectivity index (χ3n) is 7.87. The molecule has 1 fully saturated rings. The van der Waals surface area contributed by atoms with Gasteiger partial charge >= 0.3 is 0 Å². The molecule has 1 N–H and O–H groups in total. The van der Waals surface area contributed by atoms with Crippen molar-refractivity contribution in [3.05, 3.63) is 92.4 Å². The maximum atomic E-state index is 14.3. The second-order valence-corrected chi connectivity index (χ2v) is 13.9. The van der Waals surface area contributed by atoms with E-state index < -0.39 is 28.5 Å². The zero-order valence-corrected chi connectivity index (χ0v) is 27.5. The molecule has 2 amide bonds. The highest BCUT2D eigenvalue weighted by Gasteiger charge is 2.35. The number of rotatable bonds is 11. The van der Waals surface area contributed by atoms with Crippen LogP contribution in [-0.4, -0.2) is 43.8 Å². The summed E-state index contributed by atoms with van der Waals surface area (Å²) in [6, 6.07) is 15.5. The van der Waals surface area contributed by atoms with Crippen molar-refractivity contribution < 1.29 is 18.0 Å². The van der Waals surface area contributed by atoms with Gasteiger partial charge in [0.25, 0.3) is 10.0 Å². The predicted octanol–water partition coefficient (Wildman–Crippen LogP) is 7.33. The maximum Gasteiger partial charge on any atom is 0.264 e. The second-order valence-electron chi connectivity index (χ2n) is 10.8. The smallest absolute Gasteiger partial charge is 0.264 e. The summed E-state index contributed by atoms with van der Waals surface area (Å²) >= 11 is 19.4. The molecule has 230 valence electrons. The summed E-state index contributed by atoms with van der Waals surface area (Å²) in [5.74, 6) is -0.878. The van der Waals surface area contributed by atoms with Gasteiger partial charge in [0.2, 0.25) is 11.8 Å². The molecule has 1 saturated carbocycles. The minimum Gasteiger partial charge on any atom is -0.352 e. The topological polar surface area (TPSA) is 86.8 Å². The summed E-state index contributed by atoms with van der Waals surface area (Å²) in [6.07, 6.45) is 4.12. The number of halogens is 3. The third-order valence-corrected chi connectivity index (χ3v) is 10.8. The first-order valence-electron chi connectivity index (χ1n) is 14.3. The van der Waals surface area contributed by atoms with Gasteiger partial charge in [-0.25, -0.2) is 8.42 Å². The first-order chi connectivity index (χ1) is 20.4. The maximum absolute atomic E-state index is 14.3. The Morgan fingerprint density at radius 1 is 0.907 bits per heavy atom. The Bertz CT molecular complexity index is 1550. The molecule has 3 aromatic carbocycles. The average molecular weight is 665 g/mol. The number of hydrogen-bond acceptors (Lipinski definition) is 4. The number of nitrogens with one attached hydrogen (secondary N) is 1. The number of hydrogen-bond donors (Lipinski definition) is 1. The summed E-state index contributed by atoms with van der Waals surface area (Å²) in [4.78, 5) is 29.4. The highest BCUT2D eigenvalue weighted by atomic mass is 35.5. The lowest BCUT2D eigenvalue weighted by molar-refractivity contribution is -0.140. The zero-order chi connectivity index (χ0) is 31.3. The molecule has 0 aromatic heterocycles. The Labute approximate surface area is 269 Å². The van der Waals surface area contributed by atoms with E-state index in [0.29, 0.717) is 32.6 Å². The number of anilines is 1. The van der Waals surface area contributed by atoms with Crippen LogP contribution in [0.25, 0.3) is 0 Å². The van der Waals surface area contributed by atoms with Gasteiger partial charge < -0.3 is 10.2 Å². The molecule has 1 aliphatic carbocycles. The second kappa shape index (κ2) is 14.3. The Morgan fingerprint density at radius 2 is 1.49 bits per heavy atom. The summed E-state index contributed by atoms with van der Waals surface area (Å²) in [5, 5.41) is 4.13. The number of sulfonamides is 1. The Morgan fingerprint density at radius 3 is 2.09 bits per heavy atom. The summed E-state index contributed by atoms with van der Waals surface area (Å²) in [5.41, 5.74) is 2.13. The van der Waals surface area contributed by atoms with Crippen LogP contribution in [0.3, 0.4) is 0 Å². The highest BCUT2D eigenvalue weighted by Crippen LogP contribution is 2.32. The van der Waals surface area contributed by atoms with Crippen molar-refractivity contribution in [1.82, 2.24) is 10.2 Å². The van der Waals surface area contributed by atoms with Crippen molar-refractivity contribution >= 4 is 62.3 Å². The van der Waals surface area contributed by atoms with Crippen molar-refractivity contribution in [3.8, 4) is 0 Å². The lowest BCUT2D eigenvalue weighted by atomic mass is 10.1. The average Bonchev–Trinajstić information content (AvgIpc) is 3.48. The van der Waals surface area contributed by atoms with E-state index in [1.807, 2.05) is 13.8 Å². The Kier molecular flexibility index (Phi) is 11.0. The Hall–Kier alpha value is -2.78. The number of carbonyl (C=O) groups is 2. The molecule has 0 saturated heterocycles. The van der Waals surface area contributed by atoms with Crippen LogP contribution in [0.5, 0.6) is 0 Å². The molecule has 4 rings (SSSR count). The first-order valence-corrected chi connectivity index (χ1v) is 16.9. The molecule has 3 aromatic rings. The van der Waals surface area contributed by atoms with Crippen LogP contribution in [-0.2, 0) is 26.2 Å². The van der Waals surface area contributed by atoms with Gasteiger partial charge in [0, 0.05) is 33.2 Å². The molecule has 1 atom stereocenters. The molecular weight excluding hydrogens is 629 g/mol. The molecule has 1 aliphatic rings. The van der Waals surface area contributed by atoms with Crippen LogP contribution >= 0.6 is 34.8 Å². The van der Waals surface area contributed by atoms with E-state index in [0.717, 1.165) is 35.6 Å². The monoisotopic (exact) mass is 663 g/mol. The summed E-state index contributed by atoms with van der Waals surface area (Å²) in [6.45, 7) is 4.71. The fourth-order valence-electron chi connectivity index (χ4n) is 5.36. The number of amides is 2. The summed E-state index contributed by atoms with van der Waals surface area (Å²) in [7, 11) is -4.22. The molecule has 0 spiro atoms. The van der Waals surface area contributed by atoms with Gasteiger partial charge in [-0.15, -0.1) is 0 Å². The van der Waals surface area contributed by atoms with Crippen LogP contribution in [0, 0.1) is 13.8 Å². The van der Waals surface area contributed by atoms with Crippen molar-refractivity contribution in [3.63, 3.8) is 0 Å². The van der Waals surface area contributed by atoms with E-state index in [4.69, 9.17) is 34.8 Å². The van der Waals surface area contributed by atoms with E-state index >= 15 is 0 Å². The molecule has 7 nitrogen and oxygen atoms in total. The number of carbonyl (C=O) groups excluding carboxylic acids is 2. The zero-order valence-electron chi connectivity index (χ0n) is 24.4. The lowest BCUT2D eigenvalue weighted by Crippen LogP contribution is -2.53. The SMILES string of the molecule is CCC(C(=O)NC1CCCC1)N(Cc1c(Cl)cccc1Cl)C(=O)CN(c1cccc(Cl)c1C)S(=O)(=O)c1ccc(C)cc1. The quantitative estimate of drug-likeness (QED) is 0.233. The molecule has 11 heteroatoms. The molecule has 0 radical (unpaired) electrons. The van der Waals surface area contributed by atoms with Gasteiger partial charge in [-0.05, 0) is 75.1 Å². The minimum absolute atomic E-state index is 0.0250. The van der Waals surface area contributed by atoms with Crippen molar-refractivity contribution in [2.75, 3.05) is 10.8 Å². The van der Waals surface area contributed by atoms with Crippen molar-refractivity contribution in [2.45, 2.75) is 76.4 Å². The van der Waals surface area contributed by atoms with Crippen LogP contribution < -0.4 is 9.62 Å². The third kappa shape index (κ3) is 7.66. The fraction of sp³-hybridized carbons (Fsp3) is 0.375. The van der Waals surface area contributed by atoms with Crippen LogP contribution in [0.1, 0.15) is 55.7 Å². The van der Waals surface area contributed by atoms with Crippen molar-refractivity contribution in [1.29, 1.82) is 0 Å². The van der Waals surface area contributed by atoms with Gasteiger partial charge in [0.15, 0.2) is 0 Å². The predicted molar refractivity (Wildman–Crippen MR) is 173 cm³/mol. The van der Waals surface area contributed by atoms with E-state index in [2.05, 4.69) is 5.32 Å². The summed E-state index contributed by atoms with van der Waals surface area (Å²) < 4.78 is 29.3. The molecule has 0 heterocycles.